The molecule has 0 spiro atoms. The van der Waals surface area contributed by atoms with Crippen LogP contribution in [0.3, 0.4) is 0 Å². The van der Waals surface area contributed by atoms with E-state index in [0.29, 0.717) is 0 Å². The van der Waals surface area contributed by atoms with E-state index in [1.807, 2.05) is 0 Å². The van der Waals surface area contributed by atoms with Gasteiger partial charge in [-0.1, -0.05) is 0 Å². The molecule has 0 aliphatic rings. The highest BCUT2D eigenvalue weighted by atomic mass is 19.4. The summed E-state index contributed by atoms with van der Waals surface area (Å²) in [7, 11) is 0. The van der Waals surface area contributed by atoms with Crippen LogP contribution in [0.15, 0.2) is 0 Å². The minimum absolute atomic E-state index is 3.86. The molecule has 0 aromatic rings. The molecule has 0 aliphatic carbocycles. The third-order valence-corrected chi connectivity index (χ3v) is 1.28. The zero-order valence-corrected chi connectivity index (χ0v) is 6.36. The number of hydrogen-bond acceptors (Lipinski definition) is 0. The first-order valence-electron chi connectivity index (χ1n) is 3.00. The molecule has 0 aliphatic heterocycles. The van der Waals surface area contributed by atoms with Gasteiger partial charge in [0.1, 0.15) is 0 Å². The van der Waals surface area contributed by atoms with E-state index in [0.717, 1.165) is 0 Å². The summed E-state index contributed by atoms with van der Waals surface area (Å²) in [6.07, 6.45) is -15.7. The lowest BCUT2D eigenvalue weighted by Crippen LogP contribution is -2.57. The Balaban J connectivity index is 5.19. The van der Waals surface area contributed by atoms with Gasteiger partial charge in [-0.15, -0.1) is 0 Å². The first kappa shape index (κ1) is 14.3. The number of halogens is 10. The van der Waals surface area contributed by atoms with Gasteiger partial charge in [0.25, 0.3) is 0 Å². The molecule has 1 atom stereocenters. The lowest BCUT2D eigenvalue weighted by atomic mass is 10.1. The fraction of sp³-hybridized carbons (Fsp3) is 0.800. The molecular weight excluding hydrogens is 250 g/mol. The molecule has 0 fully saturated rings. The van der Waals surface area contributed by atoms with E-state index in [1.54, 1.807) is 0 Å². The first-order chi connectivity index (χ1) is 6.35. The Hall–Kier alpha value is -0.700. The molecule has 0 aromatic carbocycles. The highest BCUT2D eigenvalue weighted by Crippen LogP contribution is 2.50. The van der Waals surface area contributed by atoms with Gasteiger partial charge in [-0.25, -0.2) is 4.39 Å². The fourth-order valence-corrected chi connectivity index (χ4v) is 0.485. The molecule has 15 heavy (non-hydrogen) atoms. The van der Waals surface area contributed by atoms with E-state index < -0.39 is 30.6 Å². The Morgan fingerprint density at radius 2 is 1.13 bits per heavy atom. The third-order valence-electron chi connectivity index (χ3n) is 1.28. The van der Waals surface area contributed by atoms with Gasteiger partial charge in [-0.05, 0) is 0 Å². The van der Waals surface area contributed by atoms with Gasteiger partial charge < -0.3 is 0 Å². The minimum Gasteiger partial charge on any atom is -0.234 e. The van der Waals surface area contributed by atoms with Gasteiger partial charge in [0.05, 0.1) is 0 Å². The maximum absolute atomic E-state index is 12.0. The number of rotatable bonds is 3. The quantitative estimate of drug-likeness (QED) is 0.672. The van der Waals surface area contributed by atoms with Crippen molar-refractivity contribution < 1.29 is 43.9 Å². The Labute approximate surface area is 75.9 Å². The van der Waals surface area contributed by atoms with Crippen molar-refractivity contribution in [3.05, 3.63) is 6.43 Å². The second kappa shape index (κ2) is 3.71. The Bertz CT molecular complexity index is 214. The van der Waals surface area contributed by atoms with Crippen LogP contribution < -0.4 is 0 Å². The zero-order valence-electron chi connectivity index (χ0n) is 6.36. The molecule has 10 heteroatoms. The third kappa shape index (κ3) is 2.28. The molecule has 91 valence electrons. The first-order valence-corrected chi connectivity index (χ1v) is 3.00. The predicted molar refractivity (Wildman–Crippen MR) is 26.3 cm³/mol. The van der Waals surface area contributed by atoms with Gasteiger partial charge >= 0.3 is 24.4 Å². The molecule has 0 nitrogen and oxygen atoms in total. The molecule has 0 rings (SSSR count). The Kier molecular flexibility index (Phi) is 3.53. The smallest absolute Gasteiger partial charge is 0.234 e. The van der Waals surface area contributed by atoms with Crippen LogP contribution in [0, 0.1) is 6.43 Å². The molecule has 0 amide bonds. The zero-order chi connectivity index (χ0) is 12.7. The largest absolute Gasteiger partial charge is 0.459 e. The summed E-state index contributed by atoms with van der Waals surface area (Å²) in [5.74, 6) is -13.4. The van der Waals surface area contributed by atoms with Crippen LogP contribution in [0.1, 0.15) is 0 Å². The molecular formula is C5HF10. The van der Waals surface area contributed by atoms with Crippen molar-refractivity contribution in [1.82, 2.24) is 0 Å². The van der Waals surface area contributed by atoms with Gasteiger partial charge in [0, 0.05) is 0 Å². The summed E-state index contributed by atoms with van der Waals surface area (Å²) < 4.78 is 116. The van der Waals surface area contributed by atoms with Gasteiger partial charge in [0.2, 0.25) is 6.17 Å². The summed E-state index contributed by atoms with van der Waals surface area (Å²) in [6, 6.07) is 0. The van der Waals surface area contributed by atoms with E-state index in [9.17, 15) is 43.9 Å². The highest BCUT2D eigenvalue weighted by molar-refractivity contribution is 5.00. The van der Waals surface area contributed by atoms with Crippen LogP contribution >= 0.6 is 0 Å². The van der Waals surface area contributed by atoms with Crippen molar-refractivity contribution in [2.24, 2.45) is 0 Å². The Morgan fingerprint density at radius 3 is 1.33 bits per heavy atom. The topological polar surface area (TPSA) is 0 Å². The Morgan fingerprint density at radius 1 is 0.800 bits per heavy atom. The summed E-state index contributed by atoms with van der Waals surface area (Å²) in [5.41, 5.74) is 0. The number of alkyl halides is 8. The van der Waals surface area contributed by atoms with Crippen LogP contribution in [0.2, 0.25) is 0 Å². The van der Waals surface area contributed by atoms with Crippen LogP contribution in [0.5, 0.6) is 0 Å². The average molecular weight is 251 g/mol. The van der Waals surface area contributed by atoms with Crippen molar-refractivity contribution >= 4 is 0 Å². The normalized spacial score (nSPS) is 17.0. The molecule has 0 N–H and O–H groups in total. The maximum atomic E-state index is 12.0. The van der Waals surface area contributed by atoms with Crippen LogP contribution in [0.25, 0.3) is 0 Å². The van der Waals surface area contributed by atoms with Crippen molar-refractivity contribution in [3.63, 3.8) is 0 Å². The summed E-state index contributed by atoms with van der Waals surface area (Å²) >= 11 is 0. The number of hydrogen-bond donors (Lipinski definition) is 0. The van der Waals surface area contributed by atoms with E-state index in [-0.39, 0.29) is 0 Å². The van der Waals surface area contributed by atoms with Crippen molar-refractivity contribution in [3.8, 4) is 0 Å². The van der Waals surface area contributed by atoms with Gasteiger partial charge in [-0.2, -0.15) is 39.5 Å². The van der Waals surface area contributed by atoms with Crippen LogP contribution in [-0.4, -0.2) is 24.2 Å². The van der Waals surface area contributed by atoms with E-state index in [1.165, 1.54) is 0 Å². The molecule has 0 bridgehead atoms. The van der Waals surface area contributed by atoms with Crippen molar-refractivity contribution in [1.29, 1.82) is 0 Å². The molecule has 0 heterocycles. The molecule has 0 saturated heterocycles. The SMILES string of the molecule is F[C](F)C(F)C(F)(F)C(F)(F)C(F)(F)F. The van der Waals surface area contributed by atoms with E-state index in [2.05, 4.69) is 0 Å². The fourth-order valence-electron chi connectivity index (χ4n) is 0.485. The maximum Gasteiger partial charge on any atom is 0.459 e. The average Bonchev–Trinajstić information content (AvgIpc) is 2.00. The monoisotopic (exact) mass is 251 g/mol. The summed E-state index contributed by atoms with van der Waals surface area (Å²) in [5, 5.41) is 0. The van der Waals surface area contributed by atoms with Crippen molar-refractivity contribution in [2.45, 2.75) is 24.2 Å². The van der Waals surface area contributed by atoms with Gasteiger partial charge in [0.15, 0.2) is 0 Å². The molecule has 0 aromatic heterocycles. The lowest BCUT2D eigenvalue weighted by molar-refractivity contribution is -0.367. The van der Waals surface area contributed by atoms with Crippen LogP contribution in [0.4, 0.5) is 43.9 Å². The predicted octanol–water partition coefficient (Wildman–Crippen LogP) is 3.59. The standard InChI is InChI=1S/C5HF10/c6-1(2(7)8)3(9,10)4(11,12)5(13,14)15/h1H. The van der Waals surface area contributed by atoms with Crippen LogP contribution in [-0.2, 0) is 0 Å². The van der Waals surface area contributed by atoms with Crippen molar-refractivity contribution in [2.75, 3.05) is 0 Å². The second-order valence-electron chi connectivity index (χ2n) is 2.35. The van der Waals surface area contributed by atoms with E-state index >= 15 is 0 Å². The minimum atomic E-state index is -6.87. The van der Waals surface area contributed by atoms with Gasteiger partial charge in [-0.3, -0.25) is 0 Å². The summed E-state index contributed by atoms with van der Waals surface area (Å²) in [6.45, 7) is 0. The highest BCUT2D eigenvalue weighted by Gasteiger charge is 2.77. The summed E-state index contributed by atoms with van der Waals surface area (Å²) in [4.78, 5) is 0. The lowest BCUT2D eigenvalue weighted by Gasteiger charge is -2.29. The molecule has 1 radical (unpaired) electrons. The second-order valence-corrected chi connectivity index (χ2v) is 2.35. The molecule has 1 unspecified atom stereocenters. The van der Waals surface area contributed by atoms with E-state index in [4.69, 9.17) is 0 Å². The molecule has 0 saturated carbocycles.